The Bertz CT molecular complexity index is 617. The van der Waals surface area contributed by atoms with Crippen molar-refractivity contribution in [3.8, 4) is 0 Å². The lowest BCUT2D eigenvalue weighted by atomic mass is 10.0. The number of esters is 1. The van der Waals surface area contributed by atoms with Gasteiger partial charge < -0.3 is 4.74 Å². The zero-order chi connectivity index (χ0) is 15.5. The maximum atomic E-state index is 12.6. The van der Waals surface area contributed by atoms with Gasteiger partial charge in [-0.1, -0.05) is 17.7 Å². The van der Waals surface area contributed by atoms with Crippen molar-refractivity contribution >= 4 is 27.6 Å². The Balaban J connectivity index is 2.18. The molecule has 0 aliphatic carbocycles. The van der Waals surface area contributed by atoms with Crippen molar-refractivity contribution in [1.29, 1.82) is 0 Å². The number of ether oxygens (including phenoxy) is 1. The van der Waals surface area contributed by atoms with Crippen molar-refractivity contribution in [2.24, 2.45) is 5.92 Å². The molecule has 0 bridgehead atoms. The molecule has 1 aliphatic heterocycles. The molecule has 1 atom stereocenters. The average Bonchev–Trinajstić information content (AvgIpc) is 2.47. The van der Waals surface area contributed by atoms with Crippen molar-refractivity contribution in [3.63, 3.8) is 0 Å². The molecule has 21 heavy (non-hydrogen) atoms. The third-order valence-electron chi connectivity index (χ3n) is 3.44. The zero-order valence-electron chi connectivity index (χ0n) is 11.8. The fraction of sp³-hybridized carbons (Fsp3) is 0.500. The third-order valence-corrected chi connectivity index (χ3v) is 5.53. The van der Waals surface area contributed by atoms with Crippen molar-refractivity contribution < 1.29 is 17.9 Å². The van der Waals surface area contributed by atoms with E-state index >= 15 is 0 Å². The molecule has 0 saturated carbocycles. The highest BCUT2D eigenvalue weighted by Crippen LogP contribution is 2.25. The molecule has 5 nitrogen and oxygen atoms in total. The van der Waals surface area contributed by atoms with Gasteiger partial charge >= 0.3 is 5.97 Å². The molecule has 1 heterocycles. The van der Waals surface area contributed by atoms with Crippen LogP contribution >= 0.6 is 11.6 Å². The van der Waals surface area contributed by atoms with Crippen LogP contribution in [-0.4, -0.2) is 38.4 Å². The first-order valence-corrected chi connectivity index (χ1v) is 8.69. The number of hydrogen-bond acceptors (Lipinski definition) is 4. The van der Waals surface area contributed by atoms with Crippen molar-refractivity contribution in [3.05, 3.63) is 29.3 Å². The Morgan fingerprint density at radius 2 is 2.24 bits per heavy atom. The van der Waals surface area contributed by atoms with Crippen LogP contribution in [0.5, 0.6) is 0 Å². The summed E-state index contributed by atoms with van der Waals surface area (Å²) >= 11 is 5.85. The predicted molar refractivity (Wildman–Crippen MR) is 79.6 cm³/mol. The standard InChI is InChI=1S/C14H18ClNO4S/c1-2-20-14(17)11-5-4-8-16(10-11)21(18,19)13-7-3-6-12(15)9-13/h3,6-7,9,11H,2,4-5,8,10H2,1H3. The van der Waals surface area contributed by atoms with E-state index in [0.29, 0.717) is 31.0 Å². The number of sulfonamides is 1. The summed E-state index contributed by atoms with van der Waals surface area (Å²) in [7, 11) is -3.62. The van der Waals surface area contributed by atoms with Crippen LogP contribution in [0.1, 0.15) is 19.8 Å². The van der Waals surface area contributed by atoms with Crippen LogP contribution in [0.4, 0.5) is 0 Å². The lowest BCUT2D eigenvalue weighted by Gasteiger charge is -2.30. The first-order valence-electron chi connectivity index (χ1n) is 6.87. The SMILES string of the molecule is CCOC(=O)C1CCCN(S(=O)(=O)c2cccc(Cl)c2)C1. The molecule has 2 rings (SSSR count). The van der Waals surface area contributed by atoms with Gasteiger partial charge in [0.1, 0.15) is 0 Å². The van der Waals surface area contributed by atoms with Gasteiger partial charge in [-0.2, -0.15) is 4.31 Å². The molecule has 7 heteroatoms. The quantitative estimate of drug-likeness (QED) is 0.794. The lowest BCUT2D eigenvalue weighted by molar-refractivity contribution is -0.149. The van der Waals surface area contributed by atoms with Gasteiger partial charge in [-0.3, -0.25) is 4.79 Å². The highest BCUT2D eigenvalue weighted by Gasteiger charge is 2.33. The number of halogens is 1. The van der Waals surface area contributed by atoms with Gasteiger partial charge in [0.05, 0.1) is 17.4 Å². The minimum atomic E-state index is -3.62. The fourth-order valence-electron chi connectivity index (χ4n) is 2.39. The van der Waals surface area contributed by atoms with Crippen molar-refractivity contribution in [1.82, 2.24) is 4.31 Å². The summed E-state index contributed by atoms with van der Waals surface area (Å²) in [5.74, 6) is -0.726. The van der Waals surface area contributed by atoms with Gasteiger partial charge in [-0.15, -0.1) is 0 Å². The Kier molecular flexibility index (Phi) is 5.24. The number of rotatable bonds is 4. The lowest BCUT2D eigenvalue weighted by Crippen LogP contribution is -2.42. The molecule has 0 N–H and O–H groups in total. The van der Waals surface area contributed by atoms with Crippen molar-refractivity contribution in [2.45, 2.75) is 24.7 Å². The van der Waals surface area contributed by atoms with Crippen LogP contribution < -0.4 is 0 Å². The number of piperidine rings is 1. The first-order chi connectivity index (χ1) is 9.95. The topological polar surface area (TPSA) is 63.7 Å². The van der Waals surface area contributed by atoms with Gasteiger partial charge in [0.2, 0.25) is 10.0 Å². The van der Waals surface area contributed by atoms with Gasteiger partial charge in [0.15, 0.2) is 0 Å². The average molecular weight is 332 g/mol. The summed E-state index contributed by atoms with van der Waals surface area (Å²) in [5.41, 5.74) is 0. The molecule has 1 unspecified atom stereocenters. The Morgan fingerprint density at radius 1 is 1.48 bits per heavy atom. The molecule has 0 amide bonds. The van der Waals surface area contributed by atoms with E-state index in [0.717, 1.165) is 0 Å². The monoisotopic (exact) mass is 331 g/mol. The van der Waals surface area contributed by atoms with Crippen LogP contribution in [0.15, 0.2) is 29.2 Å². The molecule has 116 valence electrons. The first kappa shape index (κ1) is 16.3. The normalized spacial score (nSPS) is 20.2. The summed E-state index contributed by atoms with van der Waals surface area (Å²) in [6, 6.07) is 6.15. The molecular weight excluding hydrogens is 314 g/mol. The maximum Gasteiger partial charge on any atom is 0.310 e. The predicted octanol–water partition coefficient (Wildman–Crippen LogP) is 2.30. The van der Waals surface area contributed by atoms with E-state index in [-0.39, 0.29) is 17.4 Å². The van der Waals surface area contributed by atoms with Gasteiger partial charge in [-0.25, -0.2) is 8.42 Å². The number of carbonyl (C=O) groups is 1. The fourth-order valence-corrected chi connectivity index (χ4v) is 4.21. The van der Waals surface area contributed by atoms with E-state index in [2.05, 4.69) is 0 Å². The molecular formula is C14H18ClNO4S. The van der Waals surface area contributed by atoms with E-state index in [9.17, 15) is 13.2 Å². The Labute approximate surface area is 129 Å². The molecule has 1 aromatic rings. The third kappa shape index (κ3) is 3.75. The van der Waals surface area contributed by atoms with Crippen LogP contribution in [0.2, 0.25) is 5.02 Å². The second kappa shape index (κ2) is 6.77. The van der Waals surface area contributed by atoms with Crippen molar-refractivity contribution in [2.75, 3.05) is 19.7 Å². The summed E-state index contributed by atoms with van der Waals surface area (Å²) in [4.78, 5) is 11.9. The molecule has 0 spiro atoms. The molecule has 0 radical (unpaired) electrons. The molecule has 1 saturated heterocycles. The molecule has 0 aromatic heterocycles. The minimum Gasteiger partial charge on any atom is -0.466 e. The van der Waals surface area contributed by atoms with Crippen LogP contribution in [-0.2, 0) is 19.6 Å². The van der Waals surface area contributed by atoms with Gasteiger partial charge in [0, 0.05) is 18.1 Å². The van der Waals surface area contributed by atoms with Crippen LogP contribution in [0.3, 0.4) is 0 Å². The second-order valence-corrected chi connectivity index (χ2v) is 7.29. The van der Waals surface area contributed by atoms with E-state index in [1.165, 1.54) is 16.4 Å². The Hall–Kier alpha value is -1.11. The number of carbonyl (C=O) groups excluding carboxylic acids is 1. The molecule has 1 aliphatic rings. The van der Waals surface area contributed by atoms with E-state index in [1.54, 1.807) is 19.1 Å². The van der Waals surface area contributed by atoms with E-state index in [1.807, 2.05) is 0 Å². The van der Waals surface area contributed by atoms with E-state index < -0.39 is 15.9 Å². The second-order valence-electron chi connectivity index (χ2n) is 4.91. The van der Waals surface area contributed by atoms with E-state index in [4.69, 9.17) is 16.3 Å². The summed E-state index contributed by atoms with van der Waals surface area (Å²) in [6.07, 6.45) is 1.30. The summed E-state index contributed by atoms with van der Waals surface area (Å²) in [5, 5.41) is 0.370. The highest BCUT2D eigenvalue weighted by molar-refractivity contribution is 7.89. The number of nitrogens with zero attached hydrogens (tertiary/aromatic N) is 1. The maximum absolute atomic E-state index is 12.6. The van der Waals surface area contributed by atoms with Crippen LogP contribution in [0, 0.1) is 5.92 Å². The smallest absolute Gasteiger partial charge is 0.310 e. The van der Waals surface area contributed by atoms with Gasteiger partial charge in [-0.05, 0) is 38.0 Å². The summed E-state index contributed by atoms with van der Waals surface area (Å²) in [6.45, 7) is 2.61. The largest absolute Gasteiger partial charge is 0.466 e. The van der Waals surface area contributed by atoms with Crippen LogP contribution in [0.25, 0.3) is 0 Å². The molecule has 1 fully saturated rings. The minimum absolute atomic E-state index is 0.152. The Morgan fingerprint density at radius 3 is 2.90 bits per heavy atom. The molecule has 1 aromatic carbocycles. The highest BCUT2D eigenvalue weighted by atomic mass is 35.5. The number of benzene rings is 1. The number of hydrogen-bond donors (Lipinski definition) is 0. The zero-order valence-corrected chi connectivity index (χ0v) is 13.4. The van der Waals surface area contributed by atoms with Gasteiger partial charge in [0.25, 0.3) is 0 Å². The summed E-state index contributed by atoms with van der Waals surface area (Å²) < 4.78 is 31.5.